The molecule has 0 atom stereocenters. The third-order valence-electron chi connectivity index (χ3n) is 12.9. The molecule has 0 spiro atoms. The van der Waals surface area contributed by atoms with Gasteiger partial charge in [0.05, 0.1) is 0 Å². The first-order valence-corrected chi connectivity index (χ1v) is 20.8. The van der Waals surface area contributed by atoms with E-state index >= 15 is 0 Å². The monoisotopic (exact) mass is 810 g/mol. The number of benzene rings is 3. The van der Waals surface area contributed by atoms with E-state index < -0.39 is 0 Å². The van der Waals surface area contributed by atoms with Gasteiger partial charge in [-0.25, -0.2) is 6.07 Å². The number of fused-ring (bicyclic) bond motifs is 3. The van der Waals surface area contributed by atoms with E-state index in [0.717, 1.165) is 30.1 Å². The van der Waals surface area contributed by atoms with E-state index in [-0.39, 0.29) is 35.6 Å². The molecule has 0 radical (unpaired) electrons. The Labute approximate surface area is 344 Å². The zero-order chi connectivity index (χ0) is 36.2. The van der Waals surface area contributed by atoms with E-state index in [2.05, 4.69) is 149 Å². The SMILES string of the molecule is CC[C](=[Zr+2])c1ccccc1.Cc1[c-]c2c(cc1C(C)(C)C)-c1cc(C(C)(C)C)c(C)cc1C2.Cc1cc(C2(C)C3CC4CC(C3)CC2C4)c[cH-]1.[Cl-].[Cl-]. The number of hydrogen-bond acceptors (Lipinski definition) is 0. The Bertz CT molecular complexity index is 1750. The molecule has 4 aromatic rings. The average molecular weight is 813 g/mol. The average Bonchev–Trinajstić information content (AvgIpc) is 3.64. The fourth-order valence-corrected chi connectivity index (χ4v) is 10.8. The minimum atomic E-state index is 0. The summed E-state index contributed by atoms with van der Waals surface area (Å²) in [5, 5.41) is 0. The summed E-state index contributed by atoms with van der Waals surface area (Å²) < 4.78 is 1.55. The van der Waals surface area contributed by atoms with E-state index in [9.17, 15) is 0 Å². The summed E-state index contributed by atoms with van der Waals surface area (Å²) in [4.78, 5) is 0. The van der Waals surface area contributed by atoms with Crippen LogP contribution in [0.4, 0.5) is 0 Å². The summed E-state index contributed by atoms with van der Waals surface area (Å²) in [5.74, 6) is 4.14. The topological polar surface area (TPSA) is 0 Å². The second kappa shape index (κ2) is 16.6. The molecule has 0 heterocycles. The third-order valence-corrected chi connectivity index (χ3v) is 14.5. The Kier molecular flexibility index (Phi) is 13.8. The molecule has 3 heteroatoms. The van der Waals surface area contributed by atoms with Crippen LogP contribution in [-0.4, -0.2) is 3.21 Å². The zero-order valence-corrected chi connectivity index (χ0v) is 37.8. The summed E-state index contributed by atoms with van der Waals surface area (Å²) in [5.41, 5.74) is 16.6. The molecule has 0 amide bonds. The van der Waals surface area contributed by atoms with Crippen molar-refractivity contribution in [1.29, 1.82) is 0 Å². The van der Waals surface area contributed by atoms with Crippen molar-refractivity contribution in [1.82, 2.24) is 0 Å². The first-order chi connectivity index (χ1) is 23.5. The van der Waals surface area contributed by atoms with Crippen LogP contribution in [0, 0.1) is 50.5 Å². The molecular weight excluding hydrogens is 751 g/mol. The van der Waals surface area contributed by atoms with Crippen molar-refractivity contribution in [2.45, 2.75) is 137 Å². The largest absolute Gasteiger partial charge is 1.00 e. The molecule has 52 heavy (non-hydrogen) atoms. The summed E-state index contributed by atoms with van der Waals surface area (Å²) in [6.07, 6.45) is 9.86. The standard InChI is InChI=1S/C23H29.C17H23.C9H10.2ClH.Zr/c1-14-9-16-11-17-10-15(2)21(23(6,7)8)13-19(17)18(16)12-20(14)22(3,4)5;1-11-3-4-14(5-11)17(2)15-7-12-6-13(9-15)10-16(17)8-12;1-2-6-9-7-4-3-5-8-9;;;/h9,12-13H,11H2,1-8H3;3-5,12-13,15-16H,6-10H2,1-2H3;3-5,7-8H,2H2,1H3;2*1H;/q2*-1;;;;+2/p-2. The van der Waals surface area contributed by atoms with Crippen LogP contribution in [-0.2, 0) is 46.9 Å². The molecule has 5 aliphatic rings. The molecule has 0 aromatic heterocycles. The van der Waals surface area contributed by atoms with Crippen LogP contribution in [0.1, 0.15) is 144 Å². The van der Waals surface area contributed by atoms with Crippen molar-refractivity contribution in [3.8, 4) is 11.1 Å². The van der Waals surface area contributed by atoms with Crippen LogP contribution < -0.4 is 24.8 Å². The summed E-state index contributed by atoms with van der Waals surface area (Å²) in [7, 11) is 0. The maximum absolute atomic E-state index is 3.69. The van der Waals surface area contributed by atoms with Gasteiger partial charge in [-0.05, 0) is 91.2 Å². The van der Waals surface area contributed by atoms with Gasteiger partial charge in [0, 0.05) is 0 Å². The molecule has 9 rings (SSSR count). The van der Waals surface area contributed by atoms with Gasteiger partial charge in [0.15, 0.2) is 0 Å². The van der Waals surface area contributed by atoms with Crippen molar-refractivity contribution >= 4 is 3.21 Å². The number of hydrogen-bond donors (Lipinski definition) is 0. The quantitative estimate of drug-likeness (QED) is 0.175. The Morgan fingerprint density at radius 1 is 0.788 bits per heavy atom. The van der Waals surface area contributed by atoms with Crippen molar-refractivity contribution in [3.63, 3.8) is 0 Å². The van der Waals surface area contributed by atoms with Crippen molar-refractivity contribution < 1.29 is 49.0 Å². The summed E-state index contributed by atoms with van der Waals surface area (Å²) in [6, 6.07) is 28.7. The van der Waals surface area contributed by atoms with Gasteiger partial charge in [0.2, 0.25) is 0 Å². The van der Waals surface area contributed by atoms with E-state index in [0.29, 0.717) is 5.41 Å². The number of rotatable bonds is 3. The Hall–Kier alpha value is -1.66. The van der Waals surface area contributed by atoms with Crippen LogP contribution in [0.25, 0.3) is 11.1 Å². The van der Waals surface area contributed by atoms with Gasteiger partial charge in [0.1, 0.15) is 0 Å². The summed E-state index contributed by atoms with van der Waals surface area (Å²) >= 11 is 1.54. The van der Waals surface area contributed by atoms with E-state index in [1.54, 1.807) is 15.2 Å². The van der Waals surface area contributed by atoms with Crippen molar-refractivity contribution in [2.75, 3.05) is 0 Å². The smallest absolute Gasteiger partial charge is 0.0129 e. The molecular formula is C49H62Cl2Zr-2. The third kappa shape index (κ3) is 8.74. The first kappa shape index (κ1) is 43.1. The fraction of sp³-hybridized carbons (Fsp3) is 0.510. The molecule has 0 unspecified atom stereocenters. The van der Waals surface area contributed by atoms with Gasteiger partial charge < -0.3 is 24.8 Å². The van der Waals surface area contributed by atoms with E-state index in [4.69, 9.17) is 0 Å². The minimum absolute atomic E-state index is 0. The Morgan fingerprint density at radius 2 is 1.35 bits per heavy atom. The van der Waals surface area contributed by atoms with Crippen molar-refractivity contribution in [2.24, 2.45) is 23.7 Å². The van der Waals surface area contributed by atoms with Crippen molar-refractivity contribution in [3.05, 3.63) is 123 Å². The Balaban J connectivity index is 0.000000184. The molecule has 0 aliphatic heterocycles. The van der Waals surface area contributed by atoms with Gasteiger partial charge in [0.25, 0.3) is 0 Å². The zero-order valence-electron chi connectivity index (χ0n) is 33.9. The van der Waals surface area contributed by atoms with Crippen LogP contribution in [0.15, 0.2) is 66.7 Å². The molecule has 5 aliphatic carbocycles. The maximum atomic E-state index is 3.69. The van der Waals surface area contributed by atoms with Gasteiger partial charge in [-0.15, -0.1) is 16.7 Å². The molecule has 4 fully saturated rings. The molecule has 4 bridgehead atoms. The van der Waals surface area contributed by atoms with Gasteiger partial charge in [-0.3, -0.25) is 0 Å². The first-order valence-electron chi connectivity index (χ1n) is 19.6. The van der Waals surface area contributed by atoms with Crippen LogP contribution in [0.5, 0.6) is 0 Å². The molecule has 278 valence electrons. The van der Waals surface area contributed by atoms with Gasteiger partial charge in [-0.2, -0.15) is 41.0 Å². The molecule has 0 nitrogen and oxygen atoms in total. The second-order valence-corrected chi connectivity index (χ2v) is 20.1. The van der Waals surface area contributed by atoms with Crippen LogP contribution >= 0.6 is 0 Å². The van der Waals surface area contributed by atoms with E-state index in [1.165, 1.54) is 112 Å². The molecule has 4 saturated carbocycles. The molecule has 4 aromatic carbocycles. The number of halogens is 2. The number of aryl methyl sites for hydroxylation is 3. The minimum Gasteiger partial charge on any atom is -1.00 e. The second-order valence-electron chi connectivity index (χ2n) is 18.7. The Morgan fingerprint density at radius 3 is 1.85 bits per heavy atom. The maximum Gasteiger partial charge on any atom is -0.0129 e. The predicted octanol–water partition coefficient (Wildman–Crippen LogP) is 6.87. The fourth-order valence-electron chi connectivity index (χ4n) is 10.4. The van der Waals surface area contributed by atoms with Crippen LogP contribution in [0.3, 0.4) is 0 Å². The van der Waals surface area contributed by atoms with E-state index in [1.807, 2.05) is 0 Å². The van der Waals surface area contributed by atoms with Gasteiger partial charge >= 0.3 is 76.7 Å². The molecule has 0 saturated heterocycles. The summed E-state index contributed by atoms with van der Waals surface area (Å²) in [6.45, 7) is 25.3. The molecule has 0 N–H and O–H groups in total. The predicted molar refractivity (Wildman–Crippen MR) is 212 cm³/mol. The van der Waals surface area contributed by atoms with Gasteiger partial charge in [-0.1, -0.05) is 90.8 Å². The normalized spacial score (nSPS) is 23.6. The van der Waals surface area contributed by atoms with Crippen LogP contribution in [0.2, 0.25) is 0 Å².